The van der Waals surface area contributed by atoms with Crippen LogP contribution in [-0.4, -0.2) is 29.1 Å². The van der Waals surface area contributed by atoms with Crippen LogP contribution in [0.3, 0.4) is 0 Å². The molecule has 0 aliphatic rings. The molecule has 6 nitrogen and oxygen atoms in total. The van der Waals surface area contributed by atoms with Gasteiger partial charge in [-0.05, 0) is 78.2 Å². The summed E-state index contributed by atoms with van der Waals surface area (Å²) in [5.41, 5.74) is 13.2. The molecule has 0 atom stereocenters. The topological polar surface area (TPSA) is 61.4 Å². The second-order valence-electron chi connectivity index (χ2n) is 14.4. The van der Waals surface area contributed by atoms with Gasteiger partial charge in [0.15, 0.2) is 17.5 Å². The predicted octanol–water partition coefficient (Wildman–Crippen LogP) is 12.4. The van der Waals surface area contributed by atoms with Crippen molar-refractivity contribution in [3.05, 3.63) is 194 Å². The molecule has 0 saturated carbocycles. The maximum absolute atomic E-state index is 4.95. The fourth-order valence-electron chi connectivity index (χ4n) is 8.33. The zero-order valence-electron chi connectivity index (χ0n) is 31.1. The fourth-order valence-corrected chi connectivity index (χ4v) is 8.33. The van der Waals surface area contributed by atoms with Crippen molar-refractivity contribution in [1.82, 2.24) is 29.1 Å². The third-order valence-corrected chi connectivity index (χ3v) is 11.0. The summed E-state index contributed by atoms with van der Waals surface area (Å²) in [6.45, 7) is 2.15. The van der Waals surface area contributed by atoms with Crippen molar-refractivity contribution in [2.24, 2.45) is 0 Å². The Labute approximate surface area is 329 Å². The van der Waals surface area contributed by atoms with Crippen molar-refractivity contribution in [3.8, 4) is 56.7 Å². The van der Waals surface area contributed by atoms with Gasteiger partial charge in [0, 0.05) is 62.0 Å². The summed E-state index contributed by atoms with van der Waals surface area (Å²) in [7, 11) is 0. The first-order valence-corrected chi connectivity index (χ1v) is 19.1. The highest BCUT2D eigenvalue weighted by Crippen LogP contribution is 2.37. The molecule has 57 heavy (non-hydrogen) atoms. The van der Waals surface area contributed by atoms with Crippen LogP contribution in [0.5, 0.6) is 0 Å². The average Bonchev–Trinajstić information content (AvgIpc) is 3.79. The molecule has 0 unspecified atom stereocenters. The lowest BCUT2D eigenvalue weighted by atomic mass is 9.98. The minimum Gasteiger partial charge on any atom is -0.309 e. The molecule has 0 fully saturated rings. The molecule has 0 N–H and O–H groups in total. The third-order valence-electron chi connectivity index (χ3n) is 11.0. The molecule has 4 heterocycles. The normalized spacial score (nSPS) is 11.6. The number of rotatable bonds is 6. The molecule has 268 valence electrons. The van der Waals surface area contributed by atoms with Crippen LogP contribution in [0.2, 0.25) is 0 Å². The molecule has 7 aromatic carbocycles. The number of aryl methyl sites for hydroxylation is 1. The largest absolute Gasteiger partial charge is 0.309 e. The quantitative estimate of drug-likeness (QED) is 0.171. The van der Waals surface area contributed by atoms with Gasteiger partial charge in [-0.15, -0.1) is 0 Å². The number of para-hydroxylation sites is 2. The summed E-state index contributed by atoms with van der Waals surface area (Å²) in [6.07, 6.45) is 3.87. The van der Waals surface area contributed by atoms with E-state index in [1.165, 1.54) is 21.8 Å². The van der Waals surface area contributed by atoms with Crippen molar-refractivity contribution in [3.63, 3.8) is 0 Å². The maximum atomic E-state index is 4.95. The number of hydrogen-bond acceptors (Lipinski definition) is 4. The summed E-state index contributed by atoms with van der Waals surface area (Å²) in [5.74, 6) is 1.95. The van der Waals surface area contributed by atoms with E-state index in [1.807, 2.05) is 73.1 Å². The molecule has 0 aliphatic carbocycles. The molecule has 4 aromatic heterocycles. The van der Waals surface area contributed by atoms with E-state index in [-0.39, 0.29) is 0 Å². The molecule has 6 heteroatoms. The van der Waals surface area contributed by atoms with Crippen LogP contribution in [-0.2, 0) is 0 Å². The van der Waals surface area contributed by atoms with E-state index in [0.717, 1.165) is 66.6 Å². The lowest BCUT2D eigenvalue weighted by Gasteiger charge is -2.13. The van der Waals surface area contributed by atoms with Crippen LogP contribution >= 0.6 is 0 Å². The zero-order valence-corrected chi connectivity index (χ0v) is 31.1. The highest BCUT2D eigenvalue weighted by atomic mass is 15.0. The van der Waals surface area contributed by atoms with E-state index in [1.54, 1.807) is 0 Å². The number of hydrogen-bond donors (Lipinski definition) is 0. The summed E-state index contributed by atoms with van der Waals surface area (Å²) >= 11 is 0. The molecule has 0 radical (unpaired) electrons. The second-order valence-corrected chi connectivity index (χ2v) is 14.4. The van der Waals surface area contributed by atoms with E-state index >= 15 is 0 Å². The van der Waals surface area contributed by atoms with Crippen molar-refractivity contribution in [2.45, 2.75) is 6.92 Å². The van der Waals surface area contributed by atoms with Crippen LogP contribution < -0.4 is 0 Å². The van der Waals surface area contributed by atoms with E-state index in [0.29, 0.717) is 17.5 Å². The first-order chi connectivity index (χ1) is 28.2. The Morgan fingerprint density at radius 3 is 1.51 bits per heavy atom. The molecule has 11 rings (SSSR count). The Bertz CT molecular complexity index is 3180. The highest BCUT2D eigenvalue weighted by molar-refractivity contribution is 6.12. The summed E-state index contributed by atoms with van der Waals surface area (Å²) in [4.78, 5) is 19.3. The number of pyridine rings is 1. The van der Waals surface area contributed by atoms with Gasteiger partial charge in [0.05, 0.1) is 22.1 Å². The third kappa shape index (κ3) is 5.49. The Morgan fingerprint density at radius 2 is 0.877 bits per heavy atom. The van der Waals surface area contributed by atoms with Gasteiger partial charge in [-0.3, -0.25) is 4.98 Å². The van der Waals surface area contributed by atoms with Gasteiger partial charge >= 0.3 is 0 Å². The van der Waals surface area contributed by atoms with Gasteiger partial charge in [0.1, 0.15) is 0 Å². The Morgan fingerprint density at radius 1 is 0.368 bits per heavy atom. The summed E-state index contributed by atoms with van der Waals surface area (Å²) in [6, 6.07) is 61.7. The monoisotopic (exact) mass is 730 g/mol. The van der Waals surface area contributed by atoms with Gasteiger partial charge in [-0.2, -0.15) is 0 Å². The molecular formula is C51H34N6. The average molecular weight is 731 g/mol. The molecule has 0 saturated heterocycles. The van der Waals surface area contributed by atoms with Crippen LogP contribution in [0.15, 0.2) is 188 Å². The Balaban J connectivity index is 0.968. The number of benzene rings is 7. The Hall–Kier alpha value is -7.70. The van der Waals surface area contributed by atoms with Crippen LogP contribution in [0.25, 0.3) is 100 Å². The standard InChI is InChI=1S/C51H34N6/c1-33-30-37(51-54-49(35-12-4-2-5-13-35)53-50(55-51)36-14-6-3-7-15-36)22-26-40(33)34-20-23-38(24-21-34)56-47-27-25-39(31-43(47)44-32-52-29-28-48(44)56)57-45-18-10-8-16-41(45)42-17-9-11-19-46(42)57/h2-32H,1H3. The first-order valence-electron chi connectivity index (χ1n) is 19.1. The van der Waals surface area contributed by atoms with Gasteiger partial charge in [0.2, 0.25) is 0 Å². The number of aromatic nitrogens is 6. The summed E-state index contributed by atoms with van der Waals surface area (Å²) < 4.78 is 4.72. The molecule has 0 bridgehead atoms. The van der Waals surface area contributed by atoms with Gasteiger partial charge in [0.25, 0.3) is 0 Å². The van der Waals surface area contributed by atoms with E-state index in [4.69, 9.17) is 15.0 Å². The minimum absolute atomic E-state index is 0.648. The molecule has 0 aliphatic heterocycles. The Kier molecular flexibility index (Phi) is 7.60. The number of fused-ring (bicyclic) bond motifs is 6. The van der Waals surface area contributed by atoms with Crippen molar-refractivity contribution >= 4 is 43.6 Å². The molecule has 11 aromatic rings. The van der Waals surface area contributed by atoms with Crippen LogP contribution in [0.4, 0.5) is 0 Å². The maximum Gasteiger partial charge on any atom is 0.164 e. The smallest absolute Gasteiger partial charge is 0.164 e. The highest BCUT2D eigenvalue weighted by Gasteiger charge is 2.18. The zero-order chi connectivity index (χ0) is 37.9. The van der Waals surface area contributed by atoms with Crippen LogP contribution in [0, 0.1) is 6.92 Å². The lowest BCUT2D eigenvalue weighted by molar-refractivity contribution is 1.07. The van der Waals surface area contributed by atoms with Crippen molar-refractivity contribution < 1.29 is 0 Å². The molecular weight excluding hydrogens is 697 g/mol. The second kappa shape index (κ2) is 13.3. The van der Waals surface area contributed by atoms with Gasteiger partial charge in [-0.1, -0.05) is 121 Å². The van der Waals surface area contributed by atoms with Gasteiger partial charge < -0.3 is 9.13 Å². The van der Waals surface area contributed by atoms with E-state index < -0.39 is 0 Å². The minimum atomic E-state index is 0.648. The number of nitrogens with zero attached hydrogens (tertiary/aromatic N) is 6. The molecule has 0 spiro atoms. The van der Waals surface area contributed by atoms with E-state index in [2.05, 4.69) is 136 Å². The fraction of sp³-hybridized carbons (Fsp3) is 0.0196. The predicted molar refractivity (Wildman–Crippen MR) is 233 cm³/mol. The lowest BCUT2D eigenvalue weighted by Crippen LogP contribution is -2.00. The summed E-state index contributed by atoms with van der Waals surface area (Å²) in [5, 5.41) is 4.79. The van der Waals surface area contributed by atoms with Crippen molar-refractivity contribution in [1.29, 1.82) is 0 Å². The first kappa shape index (κ1) is 32.7. The SMILES string of the molecule is Cc1cc(-c2nc(-c3ccccc3)nc(-c3ccccc3)n2)ccc1-c1ccc(-n2c3ccncc3c3cc(-n4c5ccccc5c5ccccc54)ccc32)cc1. The van der Waals surface area contributed by atoms with Gasteiger partial charge in [-0.25, -0.2) is 15.0 Å². The van der Waals surface area contributed by atoms with E-state index in [9.17, 15) is 0 Å². The molecule has 0 amide bonds. The van der Waals surface area contributed by atoms with Crippen LogP contribution in [0.1, 0.15) is 5.56 Å². The van der Waals surface area contributed by atoms with Crippen molar-refractivity contribution in [2.75, 3.05) is 0 Å².